The Morgan fingerprint density at radius 2 is 1.71 bits per heavy atom. The standard InChI is InChI=1S/C27H36ClN3O4/c1-17(2)23(30-24(33)22(29)15-18-5-11-21(32)12-6-18)25(34)31-14-13-27(35,26(3,4)16-31)19-7-9-20(28)10-8-19/h5-12,17,22-23,32,35H,13-16,29H2,1-4H3,(H,30,33)/t22-,23-,27+/m1/s1. The second-order valence-corrected chi connectivity index (χ2v) is 10.9. The first-order chi connectivity index (χ1) is 16.3. The third kappa shape index (κ3) is 5.97. The van der Waals surface area contributed by atoms with Crippen molar-refractivity contribution >= 4 is 23.4 Å². The molecule has 3 rings (SSSR count). The highest BCUT2D eigenvalue weighted by Crippen LogP contribution is 2.46. The predicted octanol–water partition coefficient (Wildman–Crippen LogP) is 3.20. The van der Waals surface area contributed by atoms with Gasteiger partial charge >= 0.3 is 0 Å². The van der Waals surface area contributed by atoms with E-state index < -0.39 is 29.0 Å². The number of phenolic OH excluding ortho intramolecular Hbond substituents is 1. The monoisotopic (exact) mass is 501 g/mol. The lowest BCUT2D eigenvalue weighted by Gasteiger charge is -2.51. The Bertz CT molecular complexity index is 1040. The van der Waals surface area contributed by atoms with Gasteiger partial charge in [0.15, 0.2) is 0 Å². The molecule has 35 heavy (non-hydrogen) atoms. The molecule has 7 nitrogen and oxygen atoms in total. The van der Waals surface area contributed by atoms with Crippen molar-refractivity contribution in [2.45, 2.75) is 58.2 Å². The largest absolute Gasteiger partial charge is 0.508 e. The molecule has 2 amide bonds. The van der Waals surface area contributed by atoms with Crippen LogP contribution >= 0.6 is 11.6 Å². The number of benzene rings is 2. The number of nitrogens with two attached hydrogens (primary N) is 1. The Labute approximate surface area is 212 Å². The molecule has 0 radical (unpaired) electrons. The first kappa shape index (κ1) is 27.0. The van der Waals surface area contributed by atoms with Gasteiger partial charge in [-0.2, -0.15) is 0 Å². The second-order valence-electron chi connectivity index (χ2n) is 10.5. The molecule has 3 atom stereocenters. The second kappa shape index (κ2) is 10.6. The Morgan fingerprint density at radius 3 is 2.26 bits per heavy atom. The molecule has 0 bridgehead atoms. The molecular weight excluding hydrogens is 466 g/mol. The van der Waals surface area contributed by atoms with Gasteiger partial charge in [-0.1, -0.05) is 63.6 Å². The van der Waals surface area contributed by atoms with Crippen LogP contribution in [0.2, 0.25) is 5.02 Å². The zero-order valence-corrected chi connectivity index (χ0v) is 21.5. The summed E-state index contributed by atoms with van der Waals surface area (Å²) >= 11 is 6.02. The van der Waals surface area contributed by atoms with Crippen molar-refractivity contribution < 1.29 is 19.8 Å². The van der Waals surface area contributed by atoms with Gasteiger partial charge in [-0.15, -0.1) is 0 Å². The van der Waals surface area contributed by atoms with Crippen LogP contribution in [0.3, 0.4) is 0 Å². The zero-order valence-electron chi connectivity index (χ0n) is 20.8. The summed E-state index contributed by atoms with van der Waals surface area (Å²) in [5, 5.41) is 24.5. The molecule has 0 spiro atoms. The van der Waals surface area contributed by atoms with Crippen molar-refractivity contribution in [1.29, 1.82) is 0 Å². The predicted molar refractivity (Wildman–Crippen MR) is 137 cm³/mol. The lowest BCUT2D eigenvalue weighted by atomic mass is 9.66. The molecule has 0 unspecified atom stereocenters. The number of aromatic hydroxyl groups is 1. The van der Waals surface area contributed by atoms with E-state index in [0.717, 1.165) is 11.1 Å². The van der Waals surface area contributed by atoms with Crippen molar-refractivity contribution in [1.82, 2.24) is 10.2 Å². The number of carbonyl (C=O) groups excluding carboxylic acids is 2. The fraction of sp³-hybridized carbons (Fsp3) is 0.481. The van der Waals surface area contributed by atoms with Crippen LogP contribution in [0.25, 0.3) is 0 Å². The summed E-state index contributed by atoms with van der Waals surface area (Å²) in [7, 11) is 0. The number of piperidine rings is 1. The number of hydrogen-bond acceptors (Lipinski definition) is 5. The lowest BCUT2D eigenvalue weighted by Crippen LogP contribution is -2.61. The van der Waals surface area contributed by atoms with Gasteiger partial charge in [0.2, 0.25) is 11.8 Å². The summed E-state index contributed by atoms with van der Waals surface area (Å²) in [6.45, 7) is 8.35. The van der Waals surface area contributed by atoms with Crippen LogP contribution in [-0.2, 0) is 21.6 Å². The van der Waals surface area contributed by atoms with E-state index in [1.54, 1.807) is 41.3 Å². The van der Waals surface area contributed by atoms with Gasteiger partial charge in [0, 0.05) is 23.5 Å². The maximum Gasteiger partial charge on any atom is 0.245 e. The van der Waals surface area contributed by atoms with Gasteiger partial charge in [0.05, 0.1) is 11.6 Å². The minimum atomic E-state index is -1.11. The van der Waals surface area contributed by atoms with E-state index in [0.29, 0.717) is 24.5 Å². The van der Waals surface area contributed by atoms with Crippen LogP contribution in [-0.4, -0.2) is 52.1 Å². The number of likely N-dealkylation sites (tertiary alicyclic amines) is 1. The number of hydrogen-bond donors (Lipinski definition) is 4. The molecule has 5 N–H and O–H groups in total. The van der Waals surface area contributed by atoms with Crippen molar-refractivity contribution in [2.75, 3.05) is 13.1 Å². The summed E-state index contributed by atoms with van der Waals surface area (Å²) in [6, 6.07) is 12.1. The third-order valence-corrected chi connectivity index (χ3v) is 7.29. The maximum atomic E-state index is 13.5. The number of nitrogens with one attached hydrogen (secondary N) is 1. The molecule has 1 aliphatic rings. The summed E-state index contributed by atoms with van der Waals surface area (Å²) in [6.07, 6.45) is 0.655. The molecule has 0 saturated carbocycles. The number of phenols is 1. The molecule has 1 aliphatic heterocycles. The topological polar surface area (TPSA) is 116 Å². The number of amides is 2. The first-order valence-corrected chi connectivity index (χ1v) is 12.3. The fourth-order valence-corrected chi connectivity index (χ4v) is 4.85. The van der Waals surface area contributed by atoms with E-state index in [2.05, 4.69) is 5.32 Å². The number of nitrogens with zero attached hydrogens (tertiary/aromatic N) is 1. The third-order valence-electron chi connectivity index (χ3n) is 7.04. The van der Waals surface area contributed by atoms with Gasteiger partial charge < -0.3 is 26.2 Å². The van der Waals surface area contributed by atoms with Crippen molar-refractivity contribution in [3.05, 3.63) is 64.7 Å². The van der Waals surface area contributed by atoms with Crippen LogP contribution < -0.4 is 11.1 Å². The molecule has 2 aromatic rings. The van der Waals surface area contributed by atoms with Crippen LogP contribution in [0, 0.1) is 11.3 Å². The normalized spacial score (nSPS) is 21.4. The molecule has 0 aliphatic carbocycles. The quantitative estimate of drug-likeness (QED) is 0.465. The van der Waals surface area contributed by atoms with E-state index in [9.17, 15) is 19.8 Å². The molecular formula is C27H36ClN3O4. The highest BCUT2D eigenvalue weighted by Gasteiger charge is 2.50. The van der Waals surface area contributed by atoms with Crippen molar-refractivity contribution in [3.63, 3.8) is 0 Å². The minimum Gasteiger partial charge on any atom is -0.508 e. The Kier molecular flexibility index (Phi) is 8.14. The van der Waals surface area contributed by atoms with Crippen LogP contribution in [0.1, 0.15) is 45.2 Å². The Balaban J connectivity index is 1.69. The fourth-order valence-electron chi connectivity index (χ4n) is 4.72. The van der Waals surface area contributed by atoms with Crippen molar-refractivity contribution in [2.24, 2.45) is 17.1 Å². The minimum absolute atomic E-state index is 0.143. The summed E-state index contributed by atoms with van der Waals surface area (Å²) in [5.74, 6) is -0.590. The Hall–Kier alpha value is -2.61. The highest BCUT2D eigenvalue weighted by atomic mass is 35.5. The van der Waals surface area contributed by atoms with Gasteiger partial charge in [-0.3, -0.25) is 9.59 Å². The summed E-state index contributed by atoms with van der Waals surface area (Å²) in [5.41, 5.74) is 5.97. The molecule has 190 valence electrons. The van der Waals surface area contributed by atoms with Gasteiger partial charge in [-0.25, -0.2) is 0 Å². The molecule has 1 saturated heterocycles. The summed E-state index contributed by atoms with van der Waals surface area (Å²) < 4.78 is 0. The van der Waals surface area contributed by atoms with Crippen LogP contribution in [0.5, 0.6) is 5.75 Å². The molecule has 1 heterocycles. The van der Waals surface area contributed by atoms with E-state index >= 15 is 0 Å². The molecule has 8 heteroatoms. The van der Waals surface area contributed by atoms with E-state index in [-0.39, 0.29) is 24.0 Å². The smallest absolute Gasteiger partial charge is 0.245 e. The lowest BCUT2D eigenvalue weighted by molar-refractivity contribution is -0.156. The summed E-state index contributed by atoms with van der Waals surface area (Å²) in [4.78, 5) is 28.1. The SMILES string of the molecule is CC(C)[C@@H](NC(=O)[C@H](N)Cc1ccc(O)cc1)C(=O)N1CC[C@](O)(c2ccc(Cl)cc2)C(C)(C)C1. The van der Waals surface area contributed by atoms with Crippen LogP contribution in [0.15, 0.2) is 48.5 Å². The molecule has 1 fully saturated rings. The molecule has 0 aromatic heterocycles. The van der Waals surface area contributed by atoms with Gasteiger partial charge in [0.25, 0.3) is 0 Å². The highest BCUT2D eigenvalue weighted by molar-refractivity contribution is 6.30. The zero-order chi connectivity index (χ0) is 26.0. The number of aliphatic hydroxyl groups is 1. The average Bonchev–Trinajstić information content (AvgIpc) is 2.80. The average molecular weight is 502 g/mol. The van der Waals surface area contributed by atoms with Crippen LogP contribution in [0.4, 0.5) is 0 Å². The Morgan fingerprint density at radius 1 is 1.11 bits per heavy atom. The van der Waals surface area contributed by atoms with E-state index in [4.69, 9.17) is 17.3 Å². The number of carbonyl (C=O) groups is 2. The maximum absolute atomic E-state index is 13.5. The first-order valence-electron chi connectivity index (χ1n) is 11.9. The van der Waals surface area contributed by atoms with E-state index in [1.165, 1.54) is 0 Å². The number of halogens is 1. The van der Waals surface area contributed by atoms with Gasteiger partial charge in [-0.05, 0) is 54.2 Å². The van der Waals surface area contributed by atoms with Crippen molar-refractivity contribution in [3.8, 4) is 5.75 Å². The van der Waals surface area contributed by atoms with Gasteiger partial charge in [0.1, 0.15) is 11.8 Å². The van der Waals surface area contributed by atoms with E-state index in [1.807, 2.05) is 39.8 Å². The number of rotatable bonds is 7. The molecule has 2 aromatic carbocycles.